The van der Waals surface area contributed by atoms with Crippen molar-refractivity contribution in [1.82, 2.24) is 34.8 Å². The lowest BCUT2D eigenvalue weighted by Gasteiger charge is -2.35. The molecule has 10 heteroatoms. The van der Waals surface area contributed by atoms with Gasteiger partial charge in [0.2, 0.25) is 5.91 Å². The molecule has 0 aromatic carbocycles. The van der Waals surface area contributed by atoms with Crippen molar-refractivity contribution in [3.05, 3.63) is 24.0 Å². The van der Waals surface area contributed by atoms with Gasteiger partial charge in [-0.1, -0.05) is 0 Å². The van der Waals surface area contributed by atoms with E-state index in [1.54, 1.807) is 15.8 Å². The molecule has 0 aliphatic carbocycles. The number of aromatic nitrogens is 5. The van der Waals surface area contributed by atoms with Crippen LogP contribution in [-0.2, 0) is 24.8 Å². The summed E-state index contributed by atoms with van der Waals surface area (Å²) in [5, 5.41) is 15.9. The fraction of sp³-hybridized carbons (Fsp3) is 0.632. The number of amides is 1. The molecule has 1 saturated heterocycles. The van der Waals surface area contributed by atoms with Gasteiger partial charge in [-0.3, -0.25) is 14.5 Å². The summed E-state index contributed by atoms with van der Waals surface area (Å²) in [4.78, 5) is 21.4. The molecule has 2 aliphatic heterocycles. The van der Waals surface area contributed by atoms with Crippen LogP contribution in [0.5, 0.6) is 0 Å². The zero-order valence-electron chi connectivity index (χ0n) is 17.4. The Hall–Kier alpha value is -2.91. The molecular weight excluding hydrogens is 370 g/mol. The molecule has 1 N–H and O–H groups in total. The predicted octanol–water partition coefficient (Wildman–Crippen LogP) is 0.197. The molecule has 29 heavy (non-hydrogen) atoms. The zero-order valence-corrected chi connectivity index (χ0v) is 17.4. The fourth-order valence-corrected chi connectivity index (χ4v) is 4.00. The summed E-state index contributed by atoms with van der Waals surface area (Å²) in [5.41, 5.74) is 0.849. The molecule has 1 unspecified atom stereocenters. The van der Waals surface area contributed by atoms with E-state index in [9.17, 15) is 4.79 Å². The summed E-state index contributed by atoms with van der Waals surface area (Å²) in [7, 11) is 1.86. The number of rotatable bonds is 4. The Morgan fingerprint density at radius 3 is 2.93 bits per heavy atom. The van der Waals surface area contributed by atoms with Crippen molar-refractivity contribution in [3.8, 4) is 0 Å². The fourth-order valence-electron chi connectivity index (χ4n) is 4.00. The van der Waals surface area contributed by atoms with Gasteiger partial charge in [-0.2, -0.15) is 5.10 Å². The Labute approximate surface area is 170 Å². The molecule has 0 saturated carbocycles. The van der Waals surface area contributed by atoms with Crippen molar-refractivity contribution in [2.45, 2.75) is 33.2 Å². The number of guanidine groups is 1. The van der Waals surface area contributed by atoms with Gasteiger partial charge in [-0.25, -0.2) is 0 Å². The van der Waals surface area contributed by atoms with Crippen LogP contribution in [0, 0.1) is 12.8 Å². The molecule has 1 fully saturated rings. The van der Waals surface area contributed by atoms with Crippen LogP contribution < -0.4 is 10.2 Å². The van der Waals surface area contributed by atoms with E-state index in [2.05, 4.69) is 37.0 Å². The van der Waals surface area contributed by atoms with E-state index in [0.717, 1.165) is 62.3 Å². The van der Waals surface area contributed by atoms with E-state index in [-0.39, 0.29) is 5.91 Å². The van der Waals surface area contributed by atoms with Crippen molar-refractivity contribution in [1.29, 1.82) is 0 Å². The van der Waals surface area contributed by atoms with E-state index in [0.29, 0.717) is 19.0 Å². The molecular formula is C19H29N9O. The third-order valence-corrected chi connectivity index (χ3v) is 5.59. The number of nitrogens with zero attached hydrogens (tertiary/aromatic N) is 8. The van der Waals surface area contributed by atoms with Gasteiger partial charge < -0.3 is 19.7 Å². The molecule has 1 atom stereocenters. The number of piperazine rings is 1. The molecule has 2 aliphatic rings. The number of fused-ring (bicyclic) bond motifs is 1. The summed E-state index contributed by atoms with van der Waals surface area (Å²) in [6.07, 6.45) is 5.61. The van der Waals surface area contributed by atoms with Gasteiger partial charge in [-0.05, 0) is 26.2 Å². The molecule has 2 aromatic heterocycles. The minimum atomic E-state index is 0.0669. The largest absolute Gasteiger partial charge is 0.357 e. The number of aryl methyl sites for hydroxylation is 3. The predicted molar refractivity (Wildman–Crippen MR) is 110 cm³/mol. The van der Waals surface area contributed by atoms with Crippen LogP contribution in [0.15, 0.2) is 17.4 Å². The van der Waals surface area contributed by atoms with Gasteiger partial charge in [0, 0.05) is 52.4 Å². The molecule has 156 valence electrons. The average molecular weight is 400 g/mol. The number of hydrogen-bond acceptors (Lipinski definition) is 5. The van der Waals surface area contributed by atoms with Gasteiger partial charge in [-0.15, -0.1) is 10.2 Å². The Bertz CT molecular complexity index is 899. The minimum absolute atomic E-state index is 0.0669. The molecule has 1 amide bonds. The van der Waals surface area contributed by atoms with Gasteiger partial charge in [0.05, 0.1) is 11.9 Å². The van der Waals surface area contributed by atoms with Crippen LogP contribution in [0.1, 0.15) is 25.0 Å². The van der Waals surface area contributed by atoms with Gasteiger partial charge >= 0.3 is 0 Å². The van der Waals surface area contributed by atoms with Crippen molar-refractivity contribution in [2.75, 3.05) is 37.6 Å². The lowest BCUT2D eigenvalue weighted by atomic mass is 9.99. The molecule has 10 nitrogen and oxygen atoms in total. The summed E-state index contributed by atoms with van der Waals surface area (Å²) >= 11 is 0. The van der Waals surface area contributed by atoms with Crippen LogP contribution in [0.2, 0.25) is 0 Å². The maximum atomic E-state index is 12.7. The molecule has 0 spiro atoms. The van der Waals surface area contributed by atoms with Crippen LogP contribution in [0.25, 0.3) is 0 Å². The van der Waals surface area contributed by atoms with Crippen LogP contribution in [0.3, 0.4) is 0 Å². The Morgan fingerprint density at radius 1 is 1.34 bits per heavy atom. The quantitative estimate of drug-likeness (QED) is 0.583. The maximum Gasteiger partial charge on any atom is 0.246 e. The van der Waals surface area contributed by atoms with Crippen molar-refractivity contribution < 1.29 is 4.79 Å². The molecule has 0 radical (unpaired) electrons. The Morgan fingerprint density at radius 2 is 2.21 bits per heavy atom. The van der Waals surface area contributed by atoms with Crippen LogP contribution >= 0.6 is 0 Å². The second-order valence-electron chi connectivity index (χ2n) is 7.71. The minimum Gasteiger partial charge on any atom is -0.357 e. The first-order chi connectivity index (χ1) is 14.0. The normalized spacial score (nSPS) is 20.2. The second-order valence-corrected chi connectivity index (χ2v) is 7.71. The summed E-state index contributed by atoms with van der Waals surface area (Å²) in [6.45, 7) is 8.15. The summed E-state index contributed by atoms with van der Waals surface area (Å²) in [5.74, 6) is 3.39. The highest BCUT2D eigenvalue weighted by atomic mass is 16.2. The molecule has 2 aromatic rings. The van der Waals surface area contributed by atoms with E-state index in [1.165, 1.54) is 0 Å². The maximum absolute atomic E-state index is 12.7. The number of anilines is 1. The molecule has 0 bridgehead atoms. The SMILES string of the molecule is CCNC(=NCC1CCc2nnc(C)n2C1)N1CCN(c2cnn(C)c2)C(=O)C1. The third-order valence-electron chi connectivity index (χ3n) is 5.59. The summed E-state index contributed by atoms with van der Waals surface area (Å²) < 4.78 is 3.92. The van der Waals surface area contributed by atoms with Crippen LogP contribution in [-0.4, -0.2) is 74.0 Å². The monoisotopic (exact) mass is 399 g/mol. The first-order valence-electron chi connectivity index (χ1n) is 10.3. The van der Waals surface area contributed by atoms with E-state index < -0.39 is 0 Å². The highest BCUT2D eigenvalue weighted by molar-refractivity contribution is 5.98. The molecule has 4 rings (SSSR count). The van der Waals surface area contributed by atoms with Gasteiger partial charge in [0.1, 0.15) is 18.2 Å². The topological polar surface area (TPSA) is 96.5 Å². The lowest BCUT2D eigenvalue weighted by Crippen LogP contribution is -2.55. The average Bonchev–Trinajstić information content (AvgIpc) is 3.31. The van der Waals surface area contributed by atoms with Crippen molar-refractivity contribution in [2.24, 2.45) is 18.0 Å². The lowest BCUT2D eigenvalue weighted by molar-refractivity contribution is -0.120. The second kappa shape index (κ2) is 8.22. The number of nitrogens with one attached hydrogen (secondary N) is 1. The Kier molecular flexibility index (Phi) is 5.50. The van der Waals surface area contributed by atoms with Crippen molar-refractivity contribution >= 4 is 17.6 Å². The number of aliphatic imine (C=N–C) groups is 1. The summed E-state index contributed by atoms with van der Waals surface area (Å²) in [6, 6.07) is 0. The van der Waals surface area contributed by atoms with E-state index in [4.69, 9.17) is 4.99 Å². The van der Waals surface area contributed by atoms with Gasteiger partial charge in [0.15, 0.2) is 5.96 Å². The number of carbonyl (C=O) groups excluding carboxylic acids is 1. The van der Waals surface area contributed by atoms with Crippen LogP contribution in [0.4, 0.5) is 5.69 Å². The highest BCUT2D eigenvalue weighted by Crippen LogP contribution is 2.20. The standard InChI is InChI=1S/C19H29N9O/c1-4-20-19(21-9-15-5-6-17-24-23-14(2)28(17)11-15)26-7-8-27(18(29)13-26)16-10-22-25(3)12-16/h10,12,15H,4-9,11,13H2,1-3H3,(H,20,21). The third kappa shape index (κ3) is 4.10. The smallest absolute Gasteiger partial charge is 0.246 e. The number of carbonyl (C=O) groups is 1. The Balaban J connectivity index is 1.40. The highest BCUT2D eigenvalue weighted by Gasteiger charge is 2.28. The first kappa shape index (κ1) is 19.4. The van der Waals surface area contributed by atoms with E-state index >= 15 is 0 Å². The zero-order chi connectivity index (χ0) is 20.4. The number of hydrogen-bond donors (Lipinski definition) is 1. The van der Waals surface area contributed by atoms with E-state index in [1.807, 2.05) is 20.2 Å². The molecule has 4 heterocycles. The first-order valence-corrected chi connectivity index (χ1v) is 10.3. The van der Waals surface area contributed by atoms with Gasteiger partial charge in [0.25, 0.3) is 0 Å². The van der Waals surface area contributed by atoms with Crippen molar-refractivity contribution in [3.63, 3.8) is 0 Å².